The minimum absolute atomic E-state index is 0.0526. The maximum atomic E-state index is 11.3. The van der Waals surface area contributed by atoms with Crippen molar-refractivity contribution in [3.8, 4) is 11.8 Å². The smallest absolute Gasteiger partial charge is 0.310 e. The molecule has 0 heterocycles. The van der Waals surface area contributed by atoms with Crippen molar-refractivity contribution in [2.24, 2.45) is 0 Å². The number of nitrogens with zero attached hydrogens (tertiary/aromatic N) is 1. The van der Waals surface area contributed by atoms with E-state index in [0.717, 1.165) is 0 Å². The van der Waals surface area contributed by atoms with Crippen molar-refractivity contribution >= 4 is 17.6 Å². The van der Waals surface area contributed by atoms with Gasteiger partial charge >= 0.3 is 5.97 Å². The number of nitriles is 1. The normalized spacial score (nSPS) is 9.71. The zero-order valence-corrected chi connectivity index (χ0v) is 10.1. The van der Waals surface area contributed by atoms with Gasteiger partial charge in [0.25, 0.3) is 0 Å². The van der Waals surface area contributed by atoms with Crippen molar-refractivity contribution in [2.45, 2.75) is 19.2 Å². The van der Waals surface area contributed by atoms with E-state index in [1.54, 1.807) is 13.0 Å². The molecule has 0 spiro atoms. The summed E-state index contributed by atoms with van der Waals surface area (Å²) in [5, 5.41) is 18.4. The number of halogens is 1. The Morgan fingerprint density at radius 3 is 2.82 bits per heavy atom. The fourth-order valence-electron chi connectivity index (χ4n) is 1.47. The number of phenolic OH excluding ortho intramolecular Hbond substituents is 1. The maximum Gasteiger partial charge on any atom is 0.310 e. The van der Waals surface area contributed by atoms with Crippen molar-refractivity contribution in [3.05, 3.63) is 28.8 Å². The highest BCUT2D eigenvalue weighted by Crippen LogP contribution is 2.24. The molecule has 0 saturated heterocycles. The molecule has 90 valence electrons. The SMILES string of the molecule is CCOC(=O)Cc1cc(O)c(C#N)c(CCl)c1. The second-order valence-corrected chi connectivity index (χ2v) is 3.64. The Morgan fingerprint density at radius 2 is 2.29 bits per heavy atom. The van der Waals surface area contributed by atoms with Crippen molar-refractivity contribution in [2.75, 3.05) is 6.61 Å². The van der Waals surface area contributed by atoms with Crippen LogP contribution in [0.15, 0.2) is 12.1 Å². The molecule has 1 N–H and O–H groups in total. The topological polar surface area (TPSA) is 70.3 Å². The molecule has 17 heavy (non-hydrogen) atoms. The van der Waals surface area contributed by atoms with E-state index in [4.69, 9.17) is 21.6 Å². The Balaban J connectivity index is 3.00. The highest BCUT2D eigenvalue weighted by molar-refractivity contribution is 6.17. The average Bonchev–Trinajstić information content (AvgIpc) is 2.28. The maximum absolute atomic E-state index is 11.3. The minimum atomic E-state index is -0.378. The fraction of sp³-hybridized carbons (Fsp3) is 0.333. The molecule has 0 fully saturated rings. The second-order valence-electron chi connectivity index (χ2n) is 3.38. The highest BCUT2D eigenvalue weighted by atomic mass is 35.5. The molecular formula is C12H12ClNO3. The predicted molar refractivity (Wildman–Crippen MR) is 62.7 cm³/mol. The van der Waals surface area contributed by atoms with E-state index in [1.807, 2.05) is 6.07 Å². The van der Waals surface area contributed by atoms with E-state index < -0.39 is 0 Å². The molecule has 0 bridgehead atoms. The first-order chi connectivity index (χ1) is 8.12. The average molecular weight is 254 g/mol. The van der Waals surface area contributed by atoms with Gasteiger partial charge in [-0.2, -0.15) is 5.26 Å². The minimum Gasteiger partial charge on any atom is -0.507 e. The summed E-state index contributed by atoms with van der Waals surface area (Å²) in [6, 6.07) is 4.88. The van der Waals surface area contributed by atoms with Gasteiger partial charge in [0.05, 0.1) is 18.6 Å². The van der Waals surface area contributed by atoms with Gasteiger partial charge in [-0.05, 0) is 24.1 Å². The lowest BCUT2D eigenvalue weighted by Gasteiger charge is -2.07. The van der Waals surface area contributed by atoms with E-state index in [2.05, 4.69) is 0 Å². The summed E-state index contributed by atoms with van der Waals surface area (Å²) < 4.78 is 4.80. The van der Waals surface area contributed by atoms with Gasteiger partial charge < -0.3 is 9.84 Å². The number of ether oxygens (including phenoxy) is 1. The van der Waals surface area contributed by atoms with E-state index in [9.17, 15) is 9.90 Å². The van der Waals surface area contributed by atoms with Gasteiger partial charge in [0.15, 0.2) is 0 Å². The predicted octanol–water partition coefficient (Wildman–Crippen LogP) is 2.11. The molecule has 0 unspecified atom stereocenters. The lowest BCUT2D eigenvalue weighted by molar-refractivity contribution is -0.142. The van der Waals surface area contributed by atoms with Crippen molar-refractivity contribution < 1.29 is 14.6 Å². The van der Waals surface area contributed by atoms with Crippen molar-refractivity contribution in [1.29, 1.82) is 5.26 Å². The summed E-state index contributed by atoms with van der Waals surface area (Å²) in [5.74, 6) is -0.435. The third kappa shape index (κ3) is 3.36. The molecule has 4 nitrogen and oxygen atoms in total. The van der Waals surface area contributed by atoms with Gasteiger partial charge in [-0.15, -0.1) is 11.6 Å². The van der Waals surface area contributed by atoms with Crippen LogP contribution < -0.4 is 0 Å². The Labute approximate surface area is 104 Å². The number of phenols is 1. The molecule has 0 saturated carbocycles. The lowest BCUT2D eigenvalue weighted by Crippen LogP contribution is -2.08. The second kappa shape index (κ2) is 6.12. The molecule has 1 rings (SSSR count). The van der Waals surface area contributed by atoms with Crippen LogP contribution in [-0.2, 0) is 21.8 Å². The van der Waals surface area contributed by atoms with E-state index in [-0.39, 0.29) is 29.6 Å². The molecule has 0 aliphatic heterocycles. The Kier molecular flexibility index (Phi) is 4.80. The first kappa shape index (κ1) is 13.3. The summed E-state index contributed by atoms with van der Waals surface area (Å²) in [7, 11) is 0. The monoisotopic (exact) mass is 253 g/mol. The molecule has 1 aromatic rings. The fourth-order valence-corrected chi connectivity index (χ4v) is 1.68. The van der Waals surface area contributed by atoms with Crippen LogP contribution in [0, 0.1) is 11.3 Å². The van der Waals surface area contributed by atoms with Crippen LogP contribution in [-0.4, -0.2) is 17.7 Å². The molecular weight excluding hydrogens is 242 g/mol. The summed E-state index contributed by atoms with van der Waals surface area (Å²) in [4.78, 5) is 11.3. The molecule has 0 amide bonds. The third-order valence-electron chi connectivity index (χ3n) is 2.17. The van der Waals surface area contributed by atoms with Crippen molar-refractivity contribution in [3.63, 3.8) is 0 Å². The lowest BCUT2D eigenvalue weighted by atomic mass is 10.0. The Hall–Kier alpha value is -1.73. The summed E-state index contributed by atoms with van der Waals surface area (Å²) in [5.41, 5.74) is 1.23. The number of hydrogen-bond donors (Lipinski definition) is 1. The summed E-state index contributed by atoms with van der Waals surface area (Å²) in [6.07, 6.45) is 0.0526. The number of rotatable bonds is 4. The first-order valence-electron chi connectivity index (χ1n) is 5.08. The highest BCUT2D eigenvalue weighted by Gasteiger charge is 2.12. The van der Waals surface area contributed by atoms with Gasteiger partial charge in [0.1, 0.15) is 11.8 Å². The van der Waals surface area contributed by atoms with E-state index >= 15 is 0 Å². The standard InChI is InChI=1S/C12H12ClNO3/c1-2-17-12(16)5-8-3-9(6-13)10(7-14)11(15)4-8/h3-4,15H,2,5-6H2,1H3. The number of carbonyl (C=O) groups excluding carboxylic acids is 1. The first-order valence-corrected chi connectivity index (χ1v) is 5.62. The number of benzene rings is 1. The van der Waals surface area contributed by atoms with Crippen LogP contribution in [0.3, 0.4) is 0 Å². The number of esters is 1. The van der Waals surface area contributed by atoms with Gasteiger partial charge in [0.2, 0.25) is 0 Å². The van der Waals surface area contributed by atoms with E-state index in [0.29, 0.717) is 17.7 Å². The Morgan fingerprint density at radius 1 is 1.59 bits per heavy atom. The quantitative estimate of drug-likeness (QED) is 0.659. The number of carbonyl (C=O) groups is 1. The molecule has 0 aromatic heterocycles. The zero-order chi connectivity index (χ0) is 12.8. The van der Waals surface area contributed by atoms with Gasteiger partial charge in [-0.3, -0.25) is 4.79 Å². The van der Waals surface area contributed by atoms with Crippen LogP contribution in [0.1, 0.15) is 23.6 Å². The van der Waals surface area contributed by atoms with Crippen LogP contribution in [0.2, 0.25) is 0 Å². The van der Waals surface area contributed by atoms with Crippen LogP contribution >= 0.6 is 11.6 Å². The van der Waals surface area contributed by atoms with Gasteiger partial charge in [-0.1, -0.05) is 6.07 Å². The molecule has 1 aromatic carbocycles. The third-order valence-corrected chi connectivity index (χ3v) is 2.46. The van der Waals surface area contributed by atoms with Gasteiger partial charge in [0, 0.05) is 5.88 Å². The Bertz CT molecular complexity index is 466. The molecule has 0 atom stereocenters. The molecule has 0 aliphatic carbocycles. The number of alkyl halides is 1. The van der Waals surface area contributed by atoms with Crippen LogP contribution in [0.25, 0.3) is 0 Å². The summed E-state index contributed by atoms with van der Waals surface area (Å²) >= 11 is 5.67. The number of aromatic hydroxyl groups is 1. The van der Waals surface area contributed by atoms with E-state index in [1.165, 1.54) is 6.07 Å². The molecule has 0 radical (unpaired) electrons. The van der Waals surface area contributed by atoms with Gasteiger partial charge in [-0.25, -0.2) is 0 Å². The summed E-state index contributed by atoms with van der Waals surface area (Å²) in [6.45, 7) is 2.03. The zero-order valence-electron chi connectivity index (χ0n) is 9.36. The number of hydrogen-bond acceptors (Lipinski definition) is 4. The molecule has 5 heteroatoms. The largest absolute Gasteiger partial charge is 0.507 e. The van der Waals surface area contributed by atoms with Crippen LogP contribution in [0.5, 0.6) is 5.75 Å². The molecule has 0 aliphatic rings. The van der Waals surface area contributed by atoms with Crippen molar-refractivity contribution in [1.82, 2.24) is 0 Å². The van der Waals surface area contributed by atoms with Crippen LogP contribution in [0.4, 0.5) is 0 Å².